The van der Waals surface area contributed by atoms with Crippen molar-refractivity contribution >= 4 is 5.97 Å². The molecule has 2 saturated heterocycles. The van der Waals surface area contributed by atoms with Crippen LogP contribution < -0.4 is 5.63 Å². The smallest absolute Gasteiger partial charge is 0.336 e. The van der Waals surface area contributed by atoms with E-state index in [9.17, 15) is 14.7 Å². The maximum absolute atomic E-state index is 12.6. The highest BCUT2D eigenvalue weighted by Gasteiger charge is 2.78. The lowest BCUT2D eigenvalue weighted by Gasteiger charge is -2.50. The van der Waals surface area contributed by atoms with E-state index in [1.165, 1.54) is 0 Å². The van der Waals surface area contributed by atoms with Crippen LogP contribution >= 0.6 is 0 Å². The number of aliphatic hydroxyl groups excluding tert-OH is 1. The molecule has 6 heteroatoms. The quantitative estimate of drug-likeness (QED) is 0.602. The third kappa shape index (κ3) is 1.38. The van der Waals surface area contributed by atoms with E-state index in [0.29, 0.717) is 18.6 Å². The van der Waals surface area contributed by atoms with Gasteiger partial charge in [0.2, 0.25) is 0 Å². The zero-order valence-corrected chi connectivity index (χ0v) is 13.9. The minimum Gasteiger partial charge on any atom is -0.461 e. The minimum atomic E-state index is -1.00. The fraction of sp³-hybridized carbons (Fsp3) is 0.667. The summed E-state index contributed by atoms with van der Waals surface area (Å²) in [6.45, 7) is 5.76. The van der Waals surface area contributed by atoms with E-state index in [2.05, 4.69) is 0 Å². The number of esters is 1. The van der Waals surface area contributed by atoms with E-state index < -0.39 is 16.9 Å². The topological polar surface area (TPSA) is 89.3 Å². The third-order valence-corrected chi connectivity index (χ3v) is 6.86. The maximum atomic E-state index is 12.6. The molecule has 0 radical (unpaired) electrons. The van der Waals surface area contributed by atoms with Crippen LogP contribution in [0.1, 0.15) is 37.7 Å². The number of epoxide rings is 1. The molecule has 0 bridgehead atoms. The fourth-order valence-corrected chi connectivity index (χ4v) is 5.76. The minimum absolute atomic E-state index is 0.201. The van der Waals surface area contributed by atoms with Crippen molar-refractivity contribution in [2.75, 3.05) is 0 Å². The van der Waals surface area contributed by atoms with Crippen molar-refractivity contribution in [2.24, 2.45) is 11.3 Å². The maximum Gasteiger partial charge on any atom is 0.336 e. The predicted octanol–water partition coefficient (Wildman–Crippen LogP) is 0.706. The average Bonchev–Trinajstić information content (AvgIpc) is 3.29. The predicted molar refractivity (Wildman–Crippen MR) is 81.6 cm³/mol. The highest BCUT2D eigenvalue weighted by Crippen LogP contribution is 2.66. The molecule has 1 aromatic rings. The molecule has 7 atom stereocenters. The van der Waals surface area contributed by atoms with Gasteiger partial charge < -0.3 is 19.0 Å². The lowest BCUT2D eigenvalue weighted by molar-refractivity contribution is -0.154. The van der Waals surface area contributed by atoms with Crippen molar-refractivity contribution in [1.29, 1.82) is 0 Å². The van der Waals surface area contributed by atoms with Crippen LogP contribution in [0.25, 0.3) is 0 Å². The molecule has 1 N–H and O–H groups in total. The molecule has 6 nitrogen and oxygen atoms in total. The van der Waals surface area contributed by atoms with Gasteiger partial charge in [0.25, 0.3) is 0 Å². The summed E-state index contributed by atoms with van der Waals surface area (Å²) in [5.41, 5.74) is -0.0510. The molecule has 0 amide bonds. The number of ether oxygens (including phenoxy) is 2. The number of hydrogen-bond acceptors (Lipinski definition) is 6. The Bertz CT molecular complexity index is 827. The van der Waals surface area contributed by atoms with Gasteiger partial charge in [-0.05, 0) is 18.1 Å². The third-order valence-electron chi connectivity index (χ3n) is 6.86. The van der Waals surface area contributed by atoms with Crippen LogP contribution in [-0.2, 0) is 32.5 Å². The van der Waals surface area contributed by atoms with Crippen LogP contribution in [0.4, 0.5) is 0 Å². The van der Waals surface area contributed by atoms with Crippen LogP contribution in [-0.4, -0.2) is 35.5 Å². The average molecular weight is 332 g/mol. The van der Waals surface area contributed by atoms with Gasteiger partial charge in [0.1, 0.15) is 23.4 Å². The van der Waals surface area contributed by atoms with E-state index in [4.69, 9.17) is 13.9 Å². The van der Waals surface area contributed by atoms with Gasteiger partial charge in [-0.15, -0.1) is 0 Å². The molecule has 2 aliphatic carbocycles. The van der Waals surface area contributed by atoms with Gasteiger partial charge in [-0.1, -0.05) is 13.8 Å². The molecule has 1 aromatic heterocycles. The highest BCUT2D eigenvalue weighted by atomic mass is 16.6. The molecule has 24 heavy (non-hydrogen) atoms. The Labute approximate surface area is 138 Å². The Kier molecular flexibility index (Phi) is 2.51. The monoisotopic (exact) mass is 332 g/mol. The van der Waals surface area contributed by atoms with E-state index >= 15 is 0 Å². The molecule has 3 fully saturated rings. The molecule has 2 aliphatic heterocycles. The van der Waals surface area contributed by atoms with Crippen LogP contribution in [0, 0.1) is 11.3 Å². The van der Waals surface area contributed by atoms with Crippen molar-refractivity contribution in [3.8, 4) is 0 Å². The fourth-order valence-electron chi connectivity index (χ4n) is 5.76. The van der Waals surface area contributed by atoms with Crippen molar-refractivity contribution in [2.45, 2.75) is 63.4 Å². The molecule has 4 aliphatic rings. The first kappa shape index (κ1) is 14.7. The normalized spacial score (nSPS) is 47.5. The molecule has 3 heterocycles. The Morgan fingerprint density at radius 1 is 1.29 bits per heavy atom. The van der Waals surface area contributed by atoms with Crippen molar-refractivity contribution in [3.05, 3.63) is 33.4 Å². The summed E-state index contributed by atoms with van der Waals surface area (Å²) in [5.74, 6) is 0.0794. The molecule has 0 aromatic carbocycles. The molecular weight excluding hydrogens is 312 g/mol. The first-order valence-electron chi connectivity index (χ1n) is 8.54. The van der Waals surface area contributed by atoms with Crippen LogP contribution in [0.2, 0.25) is 0 Å². The summed E-state index contributed by atoms with van der Waals surface area (Å²) in [5, 5.41) is 10.7. The SMILES string of the molecule is CCc1oc(=O)cc2c1CC1OC(=O)[C@]3(C)C1[C@]2(C)[C@@H]1O[C@@H]1[C@H]3O. The lowest BCUT2D eigenvalue weighted by Crippen LogP contribution is -2.62. The second-order valence-corrected chi connectivity index (χ2v) is 7.89. The number of carbonyl (C=O) groups is 1. The van der Waals surface area contributed by atoms with Gasteiger partial charge in [-0.2, -0.15) is 0 Å². The van der Waals surface area contributed by atoms with Crippen molar-refractivity contribution in [1.82, 2.24) is 0 Å². The van der Waals surface area contributed by atoms with Crippen LogP contribution in [0.15, 0.2) is 15.3 Å². The van der Waals surface area contributed by atoms with Crippen LogP contribution in [0.3, 0.4) is 0 Å². The van der Waals surface area contributed by atoms with E-state index in [-0.39, 0.29) is 35.8 Å². The largest absolute Gasteiger partial charge is 0.461 e. The standard InChI is InChI=1S/C18H20O6/c1-4-9-7-5-10-13-17(2,8(7)6-11(19)22-9)15-12(24-15)14(20)18(13,3)16(21)23-10/h6,10,12-15,20H,4-5H2,1-3H3/t10?,12-,13?,14-,15-,17-,18-/m1/s1. The number of carbonyl (C=O) groups excluding carboxylic acids is 1. The summed E-state index contributed by atoms with van der Waals surface area (Å²) in [6.07, 6.45) is -0.648. The summed E-state index contributed by atoms with van der Waals surface area (Å²) in [4.78, 5) is 24.7. The van der Waals surface area contributed by atoms with E-state index in [1.807, 2.05) is 13.8 Å². The summed E-state index contributed by atoms with van der Waals surface area (Å²) < 4.78 is 16.9. The Morgan fingerprint density at radius 3 is 2.75 bits per heavy atom. The number of fused-ring (bicyclic) bond motifs is 4. The first-order chi connectivity index (χ1) is 11.3. The number of rotatable bonds is 1. The number of aliphatic hydroxyl groups is 1. The van der Waals surface area contributed by atoms with Gasteiger partial charge in [0.05, 0.1) is 12.2 Å². The lowest BCUT2D eigenvalue weighted by atomic mass is 9.49. The van der Waals surface area contributed by atoms with Gasteiger partial charge in [-0.3, -0.25) is 4.79 Å². The Balaban J connectivity index is 1.81. The second kappa shape index (κ2) is 4.11. The molecular formula is C18H20O6. The molecule has 5 rings (SSSR count). The number of aryl methyl sites for hydroxylation is 1. The van der Waals surface area contributed by atoms with Gasteiger partial charge >= 0.3 is 11.6 Å². The van der Waals surface area contributed by atoms with Gasteiger partial charge in [0, 0.05) is 30.2 Å². The molecule has 2 unspecified atom stereocenters. The van der Waals surface area contributed by atoms with E-state index in [0.717, 1.165) is 11.1 Å². The second-order valence-electron chi connectivity index (χ2n) is 7.89. The Hall–Kier alpha value is -1.66. The van der Waals surface area contributed by atoms with Crippen LogP contribution in [0.5, 0.6) is 0 Å². The molecule has 128 valence electrons. The van der Waals surface area contributed by atoms with Gasteiger partial charge in [0.15, 0.2) is 0 Å². The molecule has 1 saturated carbocycles. The highest BCUT2D eigenvalue weighted by molar-refractivity contribution is 5.82. The summed E-state index contributed by atoms with van der Waals surface area (Å²) in [6, 6.07) is 1.55. The zero-order valence-electron chi connectivity index (χ0n) is 13.9. The first-order valence-corrected chi connectivity index (χ1v) is 8.54. The van der Waals surface area contributed by atoms with Crippen molar-refractivity contribution < 1.29 is 23.8 Å². The zero-order chi connectivity index (χ0) is 17.0. The van der Waals surface area contributed by atoms with E-state index in [1.54, 1.807) is 13.0 Å². The molecule has 0 spiro atoms. The summed E-state index contributed by atoms with van der Waals surface area (Å²) >= 11 is 0. The summed E-state index contributed by atoms with van der Waals surface area (Å²) in [7, 11) is 0. The van der Waals surface area contributed by atoms with Gasteiger partial charge in [-0.25, -0.2) is 4.79 Å². The Morgan fingerprint density at radius 2 is 2.04 bits per heavy atom. The van der Waals surface area contributed by atoms with Crippen molar-refractivity contribution in [3.63, 3.8) is 0 Å². The number of hydrogen-bond donors (Lipinski definition) is 1.